The molecule has 0 fully saturated rings. The van der Waals surface area contributed by atoms with Crippen LogP contribution in [-0.4, -0.2) is 53.8 Å². The number of para-hydroxylation sites is 1. The summed E-state index contributed by atoms with van der Waals surface area (Å²) in [6.07, 6.45) is 4.26. The molecule has 176 valence electrons. The number of rotatable bonds is 13. The van der Waals surface area contributed by atoms with E-state index in [0.29, 0.717) is 17.0 Å². The summed E-state index contributed by atoms with van der Waals surface area (Å²) in [5.41, 5.74) is 2.46. The Bertz CT molecular complexity index is 877. The molecular formula is C25H32N3NiO3-. The van der Waals surface area contributed by atoms with Gasteiger partial charge in [0.25, 0.3) is 0 Å². The molecule has 0 saturated heterocycles. The number of unbranched alkanes of at least 4 members (excludes halogenated alkanes) is 2. The summed E-state index contributed by atoms with van der Waals surface area (Å²) in [4.78, 5) is 22.0. The van der Waals surface area contributed by atoms with Crippen LogP contribution in [0.25, 0.3) is 0 Å². The number of carbonyl (C=O) groups is 1. The molecule has 0 amide bonds. The topological polar surface area (TPSA) is 88.3 Å². The SMILES string of the molecule is CCCCN(CCCC)CC([O-])=Nc1ccccc1C(=NCC(=O)O)c1ccccc1.[Ni]. The maximum Gasteiger partial charge on any atom is 0.325 e. The fraction of sp³-hybridized carbons (Fsp3) is 0.400. The molecule has 0 bridgehead atoms. The van der Waals surface area contributed by atoms with Crippen LogP contribution in [0.1, 0.15) is 50.7 Å². The summed E-state index contributed by atoms with van der Waals surface area (Å²) in [5, 5.41) is 21.9. The molecule has 0 aromatic heterocycles. The minimum absolute atomic E-state index is 0. The summed E-state index contributed by atoms with van der Waals surface area (Å²) >= 11 is 0. The van der Waals surface area contributed by atoms with Crippen LogP contribution in [0.4, 0.5) is 5.69 Å². The average molecular weight is 481 g/mol. The van der Waals surface area contributed by atoms with Gasteiger partial charge in [-0.2, -0.15) is 0 Å². The van der Waals surface area contributed by atoms with Crippen LogP contribution >= 0.6 is 0 Å². The number of hydrogen-bond donors (Lipinski definition) is 1. The third-order valence-corrected chi connectivity index (χ3v) is 4.84. The maximum atomic E-state index is 12.8. The van der Waals surface area contributed by atoms with Crippen molar-refractivity contribution in [1.82, 2.24) is 4.90 Å². The van der Waals surface area contributed by atoms with Crippen molar-refractivity contribution in [3.05, 3.63) is 65.7 Å². The largest absolute Gasteiger partial charge is 0.861 e. The number of benzene rings is 2. The van der Waals surface area contributed by atoms with Crippen molar-refractivity contribution in [3.63, 3.8) is 0 Å². The molecule has 0 radical (unpaired) electrons. The van der Waals surface area contributed by atoms with Crippen molar-refractivity contribution in [2.24, 2.45) is 9.98 Å². The van der Waals surface area contributed by atoms with Gasteiger partial charge in [0.2, 0.25) is 0 Å². The van der Waals surface area contributed by atoms with Crippen molar-refractivity contribution >= 4 is 23.3 Å². The summed E-state index contributed by atoms with van der Waals surface area (Å²) < 4.78 is 0. The van der Waals surface area contributed by atoms with Gasteiger partial charge in [-0.05, 0) is 37.9 Å². The van der Waals surface area contributed by atoms with Gasteiger partial charge in [0, 0.05) is 34.2 Å². The Morgan fingerprint density at radius 1 is 0.969 bits per heavy atom. The molecule has 0 aliphatic heterocycles. The second-order valence-corrected chi connectivity index (χ2v) is 7.43. The summed E-state index contributed by atoms with van der Waals surface area (Å²) in [6.45, 7) is 5.98. The van der Waals surface area contributed by atoms with Gasteiger partial charge in [0.15, 0.2) is 0 Å². The molecule has 1 N–H and O–H groups in total. The monoisotopic (exact) mass is 480 g/mol. The maximum absolute atomic E-state index is 12.8. The molecule has 2 rings (SSSR count). The molecule has 32 heavy (non-hydrogen) atoms. The smallest absolute Gasteiger partial charge is 0.325 e. The van der Waals surface area contributed by atoms with Gasteiger partial charge in [-0.1, -0.05) is 75.2 Å². The average Bonchev–Trinajstić information content (AvgIpc) is 2.77. The molecule has 2 aromatic rings. The van der Waals surface area contributed by atoms with E-state index in [2.05, 4.69) is 28.7 Å². The van der Waals surface area contributed by atoms with Crippen LogP contribution in [0.3, 0.4) is 0 Å². The van der Waals surface area contributed by atoms with Crippen LogP contribution in [0.15, 0.2) is 64.6 Å². The first-order valence-electron chi connectivity index (χ1n) is 10.9. The molecule has 0 saturated carbocycles. The summed E-state index contributed by atoms with van der Waals surface area (Å²) in [7, 11) is 0. The standard InChI is InChI=1S/C25H33N3O3.Ni/c1-3-5-16-28(17-6-4-2)19-23(29)27-22-15-11-10-14-21(22)25(26-18-24(30)31)20-12-8-7-9-13-20;/h7-15H,3-6,16-19H2,1-2H3,(H,27,29)(H,30,31);/p-1. The van der Waals surface area contributed by atoms with E-state index in [1.807, 2.05) is 48.5 Å². The zero-order valence-corrected chi connectivity index (χ0v) is 19.8. The van der Waals surface area contributed by atoms with E-state index in [-0.39, 0.29) is 35.5 Å². The van der Waals surface area contributed by atoms with Gasteiger partial charge in [0.05, 0.1) is 11.4 Å². The van der Waals surface area contributed by atoms with Gasteiger partial charge in [-0.25, -0.2) is 0 Å². The minimum Gasteiger partial charge on any atom is -0.861 e. The molecule has 7 heteroatoms. The Labute approximate surface area is 201 Å². The van der Waals surface area contributed by atoms with Gasteiger partial charge >= 0.3 is 5.97 Å². The molecule has 0 aliphatic carbocycles. The predicted molar refractivity (Wildman–Crippen MR) is 124 cm³/mol. The number of nitrogens with zero attached hydrogens (tertiary/aromatic N) is 3. The van der Waals surface area contributed by atoms with E-state index in [0.717, 1.165) is 44.3 Å². The Kier molecular flexibility index (Phi) is 13.2. The van der Waals surface area contributed by atoms with Crippen molar-refractivity contribution in [2.45, 2.75) is 39.5 Å². The van der Waals surface area contributed by atoms with Crippen molar-refractivity contribution < 1.29 is 31.5 Å². The molecule has 2 aromatic carbocycles. The van der Waals surface area contributed by atoms with E-state index in [4.69, 9.17) is 5.11 Å². The molecular weight excluding hydrogens is 449 g/mol. The van der Waals surface area contributed by atoms with Crippen LogP contribution in [0.2, 0.25) is 0 Å². The molecule has 0 atom stereocenters. The van der Waals surface area contributed by atoms with Gasteiger partial charge in [0.1, 0.15) is 6.54 Å². The Morgan fingerprint density at radius 2 is 1.56 bits per heavy atom. The Morgan fingerprint density at radius 3 is 2.16 bits per heavy atom. The van der Waals surface area contributed by atoms with Crippen LogP contribution in [-0.2, 0) is 21.3 Å². The fourth-order valence-electron chi connectivity index (χ4n) is 3.24. The fourth-order valence-corrected chi connectivity index (χ4v) is 3.24. The Hall–Kier alpha value is -2.50. The zero-order valence-electron chi connectivity index (χ0n) is 18.8. The first kappa shape index (κ1) is 27.5. The molecule has 6 nitrogen and oxygen atoms in total. The van der Waals surface area contributed by atoms with Crippen molar-refractivity contribution in [1.29, 1.82) is 0 Å². The number of aliphatic carboxylic acids is 1. The minimum atomic E-state index is -1.01. The quantitative estimate of drug-likeness (QED) is 0.267. The second-order valence-electron chi connectivity index (χ2n) is 7.43. The van der Waals surface area contributed by atoms with E-state index >= 15 is 0 Å². The first-order valence-corrected chi connectivity index (χ1v) is 10.9. The Balaban J connectivity index is 0.00000512. The first-order chi connectivity index (χ1) is 15.0. The number of carboxylic acids is 1. The van der Waals surface area contributed by atoms with Gasteiger partial charge in [-0.3, -0.25) is 19.7 Å². The van der Waals surface area contributed by atoms with Crippen molar-refractivity contribution in [3.8, 4) is 0 Å². The van der Waals surface area contributed by atoms with E-state index in [9.17, 15) is 9.90 Å². The molecule has 0 aliphatic rings. The van der Waals surface area contributed by atoms with Crippen LogP contribution in [0, 0.1) is 0 Å². The predicted octanol–water partition coefficient (Wildman–Crippen LogP) is 3.90. The normalized spacial score (nSPS) is 12.0. The third kappa shape index (κ3) is 9.33. The zero-order chi connectivity index (χ0) is 22.5. The number of aliphatic imine (C=N–C) groups is 2. The van der Waals surface area contributed by atoms with Gasteiger partial charge < -0.3 is 10.2 Å². The van der Waals surface area contributed by atoms with Crippen molar-refractivity contribution in [2.75, 3.05) is 26.2 Å². The van der Waals surface area contributed by atoms with Crippen LogP contribution < -0.4 is 5.11 Å². The molecule has 0 unspecified atom stereocenters. The van der Waals surface area contributed by atoms with Gasteiger partial charge in [-0.15, -0.1) is 0 Å². The summed E-state index contributed by atoms with van der Waals surface area (Å²) in [6, 6.07) is 16.6. The third-order valence-electron chi connectivity index (χ3n) is 4.84. The van der Waals surface area contributed by atoms with E-state index < -0.39 is 5.97 Å². The van der Waals surface area contributed by atoms with E-state index in [1.165, 1.54) is 0 Å². The molecule has 0 spiro atoms. The molecule has 0 heterocycles. The number of hydrogen-bond acceptors (Lipinski definition) is 5. The van der Waals surface area contributed by atoms with Crippen LogP contribution in [0.5, 0.6) is 0 Å². The second kappa shape index (κ2) is 15.3. The number of carboxylic acid groups (broad SMARTS) is 1. The van der Waals surface area contributed by atoms with E-state index in [1.54, 1.807) is 6.07 Å². The summed E-state index contributed by atoms with van der Waals surface area (Å²) in [5.74, 6) is -1.22.